The highest BCUT2D eigenvalue weighted by Crippen LogP contribution is 2.20. The van der Waals surface area contributed by atoms with E-state index in [1.54, 1.807) is 12.3 Å². The third kappa shape index (κ3) is 4.13. The lowest BCUT2D eigenvalue weighted by atomic mass is 10.2. The minimum Gasteiger partial charge on any atom is -0.340 e. The summed E-state index contributed by atoms with van der Waals surface area (Å²) in [6.07, 6.45) is 1.68. The Kier molecular flexibility index (Phi) is 5.48. The van der Waals surface area contributed by atoms with Gasteiger partial charge in [0, 0.05) is 48.1 Å². The van der Waals surface area contributed by atoms with Gasteiger partial charge in [0.2, 0.25) is 0 Å². The molecule has 0 unspecified atom stereocenters. The number of hydrogen-bond acceptors (Lipinski definition) is 4. The van der Waals surface area contributed by atoms with Gasteiger partial charge in [0.25, 0.3) is 5.91 Å². The second-order valence-corrected chi connectivity index (χ2v) is 6.71. The van der Waals surface area contributed by atoms with Crippen LogP contribution in [-0.2, 0) is 0 Å². The van der Waals surface area contributed by atoms with Gasteiger partial charge < -0.3 is 15.1 Å². The highest BCUT2D eigenvalue weighted by atomic mass is 79.9. The Labute approximate surface area is 150 Å². The molecule has 0 saturated carbocycles. The first-order valence-corrected chi connectivity index (χ1v) is 8.95. The van der Waals surface area contributed by atoms with Crippen LogP contribution < -0.4 is 5.32 Å². The lowest BCUT2D eigenvalue weighted by Gasteiger charge is -2.34. The number of nitrogens with one attached hydrogen (secondary N) is 1. The normalized spacial score (nSPS) is 15.3. The molecule has 1 aromatic heterocycles. The van der Waals surface area contributed by atoms with Gasteiger partial charge in [-0.2, -0.15) is 0 Å². The minimum absolute atomic E-state index is 0.0745. The molecule has 6 heteroatoms. The molecular formula is C18H21BrN4O. The standard InChI is InChI=1S/C18H21BrN4O/c1-2-22-8-10-23(11-9-22)18(24)14-6-7-20-17(12-14)21-16-5-3-4-15(19)13-16/h3-7,12-13H,2,8-11H2,1H3,(H,20,21). The predicted octanol–water partition coefficient (Wildman–Crippen LogP) is 3.37. The Hall–Kier alpha value is -1.92. The van der Waals surface area contributed by atoms with Gasteiger partial charge in [-0.05, 0) is 36.9 Å². The molecule has 3 rings (SSSR count). The molecule has 1 fully saturated rings. The highest BCUT2D eigenvalue weighted by molar-refractivity contribution is 9.10. The molecule has 0 radical (unpaired) electrons. The van der Waals surface area contributed by atoms with E-state index in [1.165, 1.54) is 0 Å². The molecular weight excluding hydrogens is 368 g/mol. The van der Waals surface area contributed by atoms with Gasteiger partial charge in [0.05, 0.1) is 0 Å². The SMILES string of the molecule is CCN1CCN(C(=O)c2ccnc(Nc3cccc(Br)c3)c2)CC1. The van der Waals surface area contributed by atoms with Crippen molar-refractivity contribution >= 4 is 33.3 Å². The van der Waals surface area contributed by atoms with Crippen LogP contribution in [0.15, 0.2) is 47.1 Å². The van der Waals surface area contributed by atoms with E-state index in [-0.39, 0.29) is 5.91 Å². The van der Waals surface area contributed by atoms with Crippen LogP contribution in [0.5, 0.6) is 0 Å². The number of piperazine rings is 1. The van der Waals surface area contributed by atoms with Gasteiger partial charge >= 0.3 is 0 Å². The maximum Gasteiger partial charge on any atom is 0.254 e. The molecule has 0 spiro atoms. The Morgan fingerprint density at radius 1 is 1.21 bits per heavy atom. The first-order valence-electron chi connectivity index (χ1n) is 8.16. The Morgan fingerprint density at radius 2 is 2.00 bits per heavy atom. The number of pyridine rings is 1. The third-order valence-corrected chi connectivity index (χ3v) is 4.70. The molecule has 0 atom stereocenters. The first kappa shape index (κ1) is 16.9. The van der Waals surface area contributed by atoms with Gasteiger partial charge in [-0.3, -0.25) is 4.79 Å². The summed E-state index contributed by atoms with van der Waals surface area (Å²) < 4.78 is 0.994. The van der Waals surface area contributed by atoms with Crippen molar-refractivity contribution in [3.63, 3.8) is 0 Å². The van der Waals surface area contributed by atoms with Crippen LogP contribution in [0.4, 0.5) is 11.5 Å². The van der Waals surface area contributed by atoms with Crippen LogP contribution in [0.25, 0.3) is 0 Å². The van der Waals surface area contributed by atoms with Crippen molar-refractivity contribution in [2.45, 2.75) is 6.92 Å². The van der Waals surface area contributed by atoms with Gasteiger partial charge in [-0.1, -0.05) is 28.9 Å². The van der Waals surface area contributed by atoms with Crippen LogP contribution in [0, 0.1) is 0 Å². The summed E-state index contributed by atoms with van der Waals surface area (Å²) in [6.45, 7) is 6.64. The van der Waals surface area contributed by atoms with Crippen molar-refractivity contribution in [2.24, 2.45) is 0 Å². The van der Waals surface area contributed by atoms with Gasteiger partial charge in [0.15, 0.2) is 0 Å². The Morgan fingerprint density at radius 3 is 2.71 bits per heavy atom. The summed E-state index contributed by atoms with van der Waals surface area (Å²) in [6, 6.07) is 11.4. The number of nitrogens with zero attached hydrogens (tertiary/aromatic N) is 3. The molecule has 1 N–H and O–H groups in total. The molecule has 126 valence electrons. The number of halogens is 1. The lowest BCUT2D eigenvalue weighted by molar-refractivity contribution is 0.0643. The van der Waals surface area contributed by atoms with E-state index in [4.69, 9.17) is 0 Å². The van der Waals surface area contributed by atoms with Crippen molar-refractivity contribution in [1.29, 1.82) is 0 Å². The molecule has 0 bridgehead atoms. The van der Waals surface area contributed by atoms with E-state index in [0.717, 1.165) is 42.9 Å². The molecule has 0 aliphatic carbocycles. The van der Waals surface area contributed by atoms with Crippen molar-refractivity contribution in [3.05, 3.63) is 52.6 Å². The first-order chi connectivity index (χ1) is 11.7. The molecule has 1 amide bonds. The number of hydrogen-bond donors (Lipinski definition) is 1. The van der Waals surface area contributed by atoms with E-state index in [0.29, 0.717) is 11.4 Å². The van der Waals surface area contributed by atoms with Crippen LogP contribution in [-0.4, -0.2) is 53.4 Å². The quantitative estimate of drug-likeness (QED) is 0.871. The zero-order valence-electron chi connectivity index (χ0n) is 13.7. The summed E-state index contributed by atoms with van der Waals surface area (Å²) >= 11 is 3.45. The molecule has 1 aromatic carbocycles. The predicted molar refractivity (Wildman–Crippen MR) is 99.7 cm³/mol. The molecule has 1 aliphatic rings. The fourth-order valence-electron chi connectivity index (χ4n) is 2.80. The smallest absolute Gasteiger partial charge is 0.254 e. The van der Waals surface area contributed by atoms with Crippen LogP contribution in [0.3, 0.4) is 0 Å². The zero-order chi connectivity index (χ0) is 16.9. The Bertz CT molecular complexity index is 714. The average Bonchev–Trinajstić information content (AvgIpc) is 2.61. The van der Waals surface area contributed by atoms with E-state index >= 15 is 0 Å². The van der Waals surface area contributed by atoms with E-state index in [9.17, 15) is 4.79 Å². The summed E-state index contributed by atoms with van der Waals surface area (Å²) in [5.41, 5.74) is 1.60. The maximum absolute atomic E-state index is 12.7. The van der Waals surface area contributed by atoms with Crippen molar-refractivity contribution < 1.29 is 4.79 Å². The summed E-state index contributed by atoms with van der Waals surface area (Å²) in [4.78, 5) is 21.3. The fraction of sp³-hybridized carbons (Fsp3) is 0.333. The van der Waals surface area contributed by atoms with Crippen LogP contribution in [0.2, 0.25) is 0 Å². The van der Waals surface area contributed by atoms with Crippen molar-refractivity contribution in [1.82, 2.24) is 14.8 Å². The second-order valence-electron chi connectivity index (χ2n) is 5.79. The van der Waals surface area contributed by atoms with E-state index in [1.807, 2.05) is 35.2 Å². The number of rotatable bonds is 4. The fourth-order valence-corrected chi connectivity index (χ4v) is 3.20. The summed E-state index contributed by atoms with van der Waals surface area (Å²) in [5, 5.41) is 3.24. The number of carbonyl (C=O) groups excluding carboxylic acids is 1. The van der Waals surface area contributed by atoms with Crippen molar-refractivity contribution in [2.75, 3.05) is 38.0 Å². The number of amides is 1. The topological polar surface area (TPSA) is 48.5 Å². The highest BCUT2D eigenvalue weighted by Gasteiger charge is 2.21. The molecule has 1 aliphatic heterocycles. The summed E-state index contributed by atoms with van der Waals surface area (Å²) in [7, 11) is 0. The molecule has 5 nitrogen and oxygen atoms in total. The monoisotopic (exact) mass is 388 g/mol. The maximum atomic E-state index is 12.7. The van der Waals surface area contributed by atoms with Crippen LogP contribution >= 0.6 is 15.9 Å². The third-order valence-electron chi connectivity index (χ3n) is 4.21. The molecule has 1 saturated heterocycles. The number of likely N-dealkylation sites (N-methyl/N-ethyl adjacent to an activating group) is 1. The van der Waals surface area contributed by atoms with Gasteiger partial charge in [-0.15, -0.1) is 0 Å². The Balaban J connectivity index is 1.69. The largest absolute Gasteiger partial charge is 0.340 e. The number of anilines is 2. The molecule has 2 aromatic rings. The van der Waals surface area contributed by atoms with Crippen molar-refractivity contribution in [3.8, 4) is 0 Å². The van der Waals surface area contributed by atoms with Gasteiger partial charge in [0.1, 0.15) is 5.82 Å². The summed E-state index contributed by atoms with van der Waals surface area (Å²) in [5.74, 6) is 0.747. The lowest BCUT2D eigenvalue weighted by Crippen LogP contribution is -2.48. The zero-order valence-corrected chi connectivity index (χ0v) is 15.3. The van der Waals surface area contributed by atoms with E-state index < -0.39 is 0 Å². The molecule has 24 heavy (non-hydrogen) atoms. The number of carbonyl (C=O) groups is 1. The second kappa shape index (κ2) is 7.77. The average molecular weight is 389 g/mol. The van der Waals surface area contributed by atoms with E-state index in [2.05, 4.69) is 38.1 Å². The van der Waals surface area contributed by atoms with Gasteiger partial charge in [-0.25, -0.2) is 4.98 Å². The molecule has 2 heterocycles. The number of aromatic nitrogens is 1. The minimum atomic E-state index is 0.0745. The van der Waals surface area contributed by atoms with Crippen LogP contribution in [0.1, 0.15) is 17.3 Å². The number of benzene rings is 1.